The lowest BCUT2D eigenvalue weighted by Gasteiger charge is -2.09. The van der Waals surface area contributed by atoms with Crippen molar-refractivity contribution < 1.29 is 19.6 Å². The molecule has 13 heavy (non-hydrogen) atoms. The van der Waals surface area contributed by atoms with Crippen LogP contribution < -0.4 is 11.2 Å². The standard InChI is InChI=1S/C6H9ClN2O4/c7-2-4(10)3(1-5(8)11)6(12)9-13/h3,13H,1-2H2,(H2,8,11)(H,9,12). The number of nitrogens with two attached hydrogens (primary N) is 1. The lowest BCUT2D eigenvalue weighted by Crippen LogP contribution is -2.37. The molecule has 0 bridgehead atoms. The highest BCUT2D eigenvalue weighted by atomic mass is 35.5. The van der Waals surface area contributed by atoms with Crippen molar-refractivity contribution in [1.82, 2.24) is 5.48 Å². The van der Waals surface area contributed by atoms with Crippen LogP contribution in [-0.4, -0.2) is 28.7 Å². The Hall–Kier alpha value is -1.14. The zero-order valence-electron chi connectivity index (χ0n) is 6.62. The molecule has 0 rings (SSSR count). The molecule has 4 N–H and O–H groups in total. The van der Waals surface area contributed by atoms with Crippen LogP contribution in [0.2, 0.25) is 0 Å². The fourth-order valence-corrected chi connectivity index (χ4v) is 0.911. The van der Waals surface area contributed by atoms with Crippen molar-refractivity contribution in [2.75, 3.05) is 5.88 Å². The molecule has 6 nitrogen and oxygen atoms in total. The first kappa shape index (κ1) is 11.9. The number of hydrogen-bond acceptors (Lipinski definition) is 4. The van der Waals surface area contributed by atoms with Crippen LogP contribution >= 0.6 is 11.6 Å². The molecule has 1 atom stereocenters. The largest absolute Gasteiger partial charge is 0.370 e. The van der Waals surface area contributed by atoms with E-state index >= 15 is 0 Å². The molecule has 0 aliphatic heterocycles. The van der Waals surface area contributed by atoms with Gasteiger partial charge in [-0.05, 0) is 0 Å². The van der Waals surface area contributed by atoms with Gasteiger partial charge in [0.25, 0.3) is 5.91 Å². The highest BCUT2D eigenvalue weighted by molar-refractivity contribution is 6.29. The minimum Gasteiger partial charge on any atom is -0.370 e. The summed E-state index contributed by atoms with van der Waals surface area (Å²) in [5.41, 5.74) is 6.04. The van der Waals surface area contributed by atoms with Crippen LogP contribution in [0.5, 0.6) is 0 Å². The number of alkyl halides is 1. The van der Waals surface area contributed by atoms with Crippen molar-refractivity contribution in [1.29, 1.82) is 0 Å². The minimum atomic E-state index is -1.31. The maximum Gasteiger partial charge on any atom is 0.254 e. The fraction of sp³-hybridized carbons (Fsp3) is 0.500. The van der Waals surface area contributed by atoms with E-state index in [2.05, 4.69) is 0 Å². The van der Waals surface area contributed by atoms with E-state index in [-0.39, 0.29) is 0 Å². The molecule has 0 aromatic heterocycles. The molecule has 0 saturated carbocycles. The molecule has 1 unspecified atom stereocenters. The Morgan fingerprint density at radius 3 is 2.31 bits per heavy atom. The zero-order chi connectivity index (χ0) is 10.4. The summed E-state index contributed by atoms with van der Waals surface area (Å²) in [7, 11) is 0. The second-order valence-corrected chi connectivity index (χ2v) is 2.57. The van der Waals surface area contributed by atoms with Gasteiger partial charge in [0.15, 0.2) is 5.78 Å². The summed E-state index contributed by atoms with van der Waals surface area (Å²) in [6.45, 7) is 0. The van der Waals surface area contributed by atoms with Gasteiger partial charge in [0.2, 0.25) is 5.91 Å². The maximum atomic E-state index is 10.9. The lowest BCUT2D eigenvalue weighted by molar-refractivity contribution is -0.141. The first-order valence-electron chi connectivity index (χ1n) is 3.33. The Morgan fingerprint density at radius 2 is 2.00 bits per heavy atom. The van der Waals surface area contributed by atoms with Gasteiger partial charge in [-0.2, -0.15) is 0 Å². The number of rotatable bonds is 5. The van der Waals surface area contributed by atoms with E-state index in [4.69, 9.17) is 22.5 Å². The van der Waals surface area contributed by atoms with Crippen molar-refractivity contribution in [2.24, 2.45) is 11.7 Å². The minimum absolute atomic E-state index is 0.411. The van der Waals surface area contributed by atoms with Crippen molar-refractivity contribution in [3.8, 4) is 0 Å². The van der Waals surface area contributed by atoms with Crippen LogP contribution in [0, 0.1) is 5.92 Å². The summed E-state index contributed by atoms with van der Waals surface area (Å²) in [6, 6.07) is 0. The molecule has 0 aromatic rings. The fourth-order valence-electron chi connectivity index (χ4n) is 0.725. The zero-order valence-corrected chi connectivity index (χ0v) is 7.37. The molecule has 0 aromatic carbocycles. The molecule has 0 aliphatic rings. The van der Waals surface area contributed by atoms with Gasteiger partial charge < -0.3 is 5.73 Å². The average molecular weight is 209 g/mol. The molecule has 0 radical (unpaired) electrons. The quantitative estimate of drug-likeness (QED) is 0.228. The van der Waals surface area contributed by atoms with E-state index in [9.17, 15) is 14.4 Å². The second kappa shape index (κ2) is 5.50. The van der Waals surface area contributed by atoms with Gasteiger partial charge >= 0.3 is 0 Å². The molecule has 0 aliphatic carbocycles. The lowest BCUT2D eigenvalue weighted by atomic mass is 10.0. The van der Waals surface area contributed by atoms with Crippen LogP contribution in [0.3, 0.4) is 0 Å². The van der Waals surface area contributed by atoms with E-state index in [0.29, 0.717) is 0 Å². The van der Waals surface area contributed by atoms with Gasteiger partial charge in [0.05, 0.1) is 5.88 Å². The Labute approximate surface area is 79.0 Å². The molecule has 74 valence electrons. The van der Waals surface area contributed by atoms with E-state index in [1.54, 1.807) is 0 Å². The van der Waals surface area contributed by atoms with E-state index in [1.807, 2.05) is 0 Å². The average Bonchev–Trinajstić information content (AvgIpc) is 2.11. The van der Waals surface area contributed by atoms with E-state index < -0.39 is 35.8 Å². The predicted molar refractivity (Wildman–Crippen MR) is 43.0 cm³/mol. The van der Waals surface area contributed by atoms with Gasteiger partial charge in [0.1, 0.15) is 5.92 Å². The molecular weight excluding hydrogens is 200 g/mol. The van der Waals surface area contributed by atoms with E-state index in [0.717, 1.165) is 0 Å². The summed E-state index contributed by atoms with van der Waals surface area (Å²) < 4.78 is 0. The predicted octanol–water partition coefficient (Wildman–Crippen LogP) is -1.21. The number of carbonyl (C=O) groups is 3. The number of primary amides is 1. The van der Waals surface area contributed by atoms with Crippen molar-refractivity contribution in [3.63, 3.8) is 0 Å². The SMILES string of the molecule is NC(=O)CC(C(=O)CCl)C(=O)NO. The monoisotopic (exact) mass is 208 g/mol. The summed E-state index contributed by atoms with van der Waals surface area (Å²) >= 11 is 5.17. The van der Waals surface area contributed by atoms with Gasteiger partial charge in [-0.25, -0.2) is 5.48 Å². The number of carbonyl (C=O) groups excluding carboxylic acids is 3. The summed E-state index contributed by atoms with van der Waals surface area (Å²) in [5.74, 6) is -4.17. The third kappa shape index (κ3) is 3.86. The number of Topliss-reactive ketones (excluding diaryl/α,β-unsaturated/α-hetero) is 1. The topological polar surface area (TPSA) is 109 Å². The second-order valence-electron chi connectivity index (χ2n) is 2.30. The van der Waals surface area contributed by atoms with Gasteiger partial charge in [-0.15, -0.1) is 11.6 Å². The molecular formula is C6H9ClN2O4. The molecule has 0 saturated heterocycles. The Bertz CT molecular complexity index is 215. The highest BCUT2D eigenvalue weighted by Gasteiger charge is 2.27. The van der Waals surface area contributed by atoms with Crippen LogP contribution in [0.1, 0.15) is 6.42 Å². The smallest absolute Gasteiger partial charge is 0.254 e. The first-order valence-corrected chi connectivity index (χ1v) is 3.87. The summed E-state index contributed by atoms with van der Waals surface area (Å²) in [5, 5.41) is 8.22. The number of ketones is 1. The highest BCUT2D eigenvalue weighted by Crippen LogP contribution is 2.05. The number of nitrogens with one attached hydrogen (secondary N) is 1. The molecule has 0 heterocycles. The van der Waals surface area contributed by atoms with Gasteiger partial charge in [-0.1, -0.05) is 0 Å². The van der Waals surface area contributed by atoms with Crippen LogP contribution in [0.4, 0.5) is 0 Å². The third-order valence-corrected chi connectivity index (χ3v) is 1.62. The Kier molecular flexibility index (Phi) is 5.01. The molecule has 2 amide bonds. The Morgan fingerprint density at radius 1 is 1.46 bits per heavy atom. The number of halogens is 1. The molecule has 0 fully saturated rings. The number of amides is 2. The first-order chi connectivity index (χ1) is 6.02. The van der Waals surface area contributed by atoms with Crippen molar-refractivity contribution in [3.05, 3.63) is 0 Å². The summed E-state index contributed by atoms with van der Waals surface area (Å²) in [4.78, 5) is 32.2. The van der Waals surface area contributed by atoms with E-state index in [1.165, 1.54) is 5.48 Å². The maximum absolute atomic E-state index is 10.9. The third-order valence-electron chi connectivity index (χ3n) is 1.35. The normalized spacial score (nSPS) is 11.8. The Balaban J connectivity index is 4.45. The van der Waals surface area contributed by atoms with Crippen molar-refractivity contribution >= 4 is 29.2 Å². The van der Waals surface area contributed by atoms with Crippen LogP contribution in [-0.2, 0) is 14.4 Å². The molecule has 7 heteroatoms. The van der Waals surface area contributed by atoms with Crippen molar-refractivity contribution in [2.45, 2.75) is 6.42 Å². The van der Waals surface area contributed by atoms with Crippen LogP contribution in [0.25, 0.3) is 0 Å². The summed E-state index contributed by atoms with van der Waals surface area (Å²) in [6.07, 6.45) is -0.460. The molecule has 0 spiro atoms. The van der Waals surface area contributed by atoms with Gasteiger partial charge in [0, 0.05) is 6.42 Å². The van der Waals surface area contributed by atoms with Gasteiger partial charge in [-0.3, -0.25) is 19.6 Å². The van der Waals surface area contributed by atoms with Crippen LogP contribution in [0.15, 0.2) is 0 Å². The number of hydrogen-bond donors (Lipinski definition) is 3. The number of hydroxylamine groups is 1.